The van der Waals surface area contributed by atoms with Gasteiger partial charge in [0.05, 0.1) is 12.9 Å². The molecule has 4 aromatic rings. The molecule has 0 aliphatic carbocycles. The summed E-state index contributed by atoms with van der Waals surface area (Å²) in [5.74, 6) is 9.41. The van der Waals surface area contributed by atoms with E-state index in [-0.39, 0.29) is 6.61 Å². The normalized spacial score (nSPS) is 10.9. The van der Waals surface area contributed by atoms with Crippen LogP contribution in [0.3, 0.4) is 0 Å². The molecular formula is C20H20N6O3S. The van der Waals surface area contributed by atoms with Crippen LogP contribution >= 0.6 is 11.8 Å². The average molecular weight is 424 g/mol. The Morgan fingerprint density at radius 1 is 1.10 bits per heavy atom. The number of hydrogen-bond donors (Lipinski definition) is 1. The molecule has 0 fully saturated rings. The SMILES string of the molecule is COc1cccc(OCc2nnc(SCc3nc(-c4cccc(C)c4)no3)n2N)c1. The van der Waals surface area contributed by atoms with Crippen molar-refractivity contribution >= 4 is 11.8 Å². The molecule has 2 aromatic carbocycles. The molecule has 2 heterocycles. The number of nitrogens with zero attached hydrogens (tertiary/aromatic N) is 5. The van der Waals surface area contributed by atoms with Gasteiger partial charge in [-0.15, -0.1) is 10.2 Å². The minimum Gasteiger partial charge on any atom is -0.497 e. The van der Waals surface area contributed by atoms with Gasteiger partial charge in [0.2, 0.25) is 16.9 Å². The maximum Gasteiger partial charge on any atom is 0.237 e. The quantitative estimate of drug-likeness (QED) is 0.336. The molecule has 0 spiro atoms. The van der Waals surface area contributed by atoms with Gasteiger partial charge in [-0.3, -0.25) is 0 Å². The van der Waals surface area contributed by atoms with Gasteiger partial charge in [-0.1, -0.05) is 46.7 Å². The molecule has 0 radical (unpaired) electrons. The fourth-order valence-electron chi connectivity index (χ4n) is 2.68. The Labute approximate surface area is 177 Å². The summed E-state index contributed by atoms with van der Waals surface area (Å²) >= 11 is 1.35. The maximum absolute atomic E-state index is 6.10. The standard InChI is InChI=1S/C20H20N6O3S/c1-13-5-3-6-14(9-13)19-22-18(29-25-19)12-30-20-24-23-17(26(20)21)11-28-16-8-4-7-15(10-16)27-2/h3-10H,11-12,21H2,1-2H3. The van der Waals surface area contributed by atoms with E-state index in [1.807, 2.05) is 49.4 Å². The Morgan fingerprint density at radius 3 is 2.77 bits per heavy atom. The Morgan fingerprint density at radius 2 is 1.93 bits per heavy atom. The van der Waals surface area contributed by atoms with Gasteiger partial charge in [0.25, 0.3) is 0 Å². The van der Waals surface area contributed by atoms with Crippen LogP contribution in [0.25, 0.3) is 11.4 Å². The highest BCUT2D eigenvalue weighted by molar-refractivity contribution is 7.98. The summed E-state index contributed by atoms with van der Waals surface area (Å²) in [6.45, 7) is 2.19. The van der Waals surface area contributed by atoms with Gasteiger partial charge in [0.1, 0.15) is 18.1 Å². The van der Waals surface area contributed by atoms with Crippen LogP contribution in [0, 0.1) is 6.92 Å². The zero-order chi connectivity index (χ0) is 20.9. The molecule has 0 aliphatic rings. The zero-order valence-electron chi connectivity index (χ0n) is 16.5. The smallest absolute Gasteiger partial charge is 0.237 e. The summed E-state index contributed by atoms with van der Waals surface area (Å²) < 4.78 is 17.6. The third-order valence-electron chi connectivity index (χ3n) is 4.21. The van der Waals surface area contributed by atoms with Crippen LogP contribution in [0.1, 0.15) is 17.3 Å². The van der Waals surface area contributed by atoms with Crippen molar-refractivity contribution in [3.05, 3.63) is 65.8 Å². The van der Waals surface area contributed by atoms with Crippen LogP contribution in [-0.2, 0) is 12.4 Å². The number of benzene rings is 2. The molecule has 2 N–H and O–H groups in total. The molecule has 0 bridgehead atoms. The number of aromatic nitrogens is 5. The highest BCUT2D eigenvalue weighted by Crippen LogP contribution is 2.23. The van der Waals surface area contributed by atoms with E-state index in [1.165, 1.54) is 16.4 Å². The van der Waals surface area contributed by atoms with Crippen molar-refractivity contribution in [2.75, 3.05) is 13.0 Å². The molecular weight excluding hydrogens is 404 g/mol. The van der Waals surface area contributed by atoms with Crippen molar-refractivity contribution in [2.24, 2.45) is 0 Å². The van der Waals surface area contributed by atoms with Gasteiger partial charge < -0.3 is 19.8 Å². The van der Waals surface area contributed by atoms with Crippen molar-refractivity contribution in [1.29, 1.82) is 0 Å². The third kappa shape index (κ3) is 4.54. The molecule has 4 rings (SSSR count). The number of methoxy groups -OCH3 is 1. The second-order valence-electron chi connectivity index (χ2n) is 6.41. The number of ether oxygens (including phenoxy) is 2. The van der Waals surface area contributed by atoms with E-state index in [0.717, 1.165) is 11.1 Å². The minimum atomic E-state index is 0.176. The summed E-state index contributed by atoms with van der Waals surface area (Å²) in [5, 5.41) is 12.8. The molecule has 10 heteroatoms. The first-order valence-corrected chi connectivity index (χ1v) is 10.1. The molecule has 0 saturated heterocycles. The van der Waals surface area contributed by atoms with E-state index in [9.17, 15) is 0 Å². The monoisotopic (exact) mass is 424 g/mol. The molecule has 9 nitrogen and oxygen atoms in total. The lowest BCUT2D eigenvalue weighted by Crippen LogP contribution is -2.15. The highest BCUT2D eigenvalue weighted by atomic mass is 32.2. The highest BCUT2D eigenvalue weighted by Gasteiger charge is 2.14. The van der Waals surface area contributed by atoms with E-state index < -0.39 is 0 Å². The first kappa shape index (κ1) is 19.8. The maximum atomic E-state index is 6.10. The minimum absolute atomic E-state index is 0.176. The van der Waals surface area contributed by atoms with Gasteiger partial charge in [-0.05, 0) is 25.1 Å². The third-order valence-corrected chi connectivity index (χ3v) is 5.14. The largest absolute Gasteiger partial charge is 0.497 e. The Kier molecular flexibility index (Phi) is 5.84. The van der Waals surface area contributed by atoms with Crippen LogP contribution in [0.4, 0.5) is 0 Å². The van der Waals surface area contributed by atoms with E-state index in [0.29, 0.717) is 39.9 Å². The summed E-state index contributed by atoms with van der Waals surface area (Å²) in [6, 6.07) is 15.2. The van der Waals surface area contributed by atoms with Crippen LogP contribution in [0.15, 0.2) is 58.2 Å². The molecule has 0 saturated carbocycles. The molecule has 154 valence electrons. The number of nitrogens with two attached hydrogens (primary N) is 1. The van der Waals surface area contributed by atoms with Crippen LogP contribution in [0.2, 0.25) is 0 Å². The lowest BCUT2D eigenvalue weighted by atomic mass is 10.1. The van der Waals surface area contributed by atoms with E-state index in [2.05, 4.69) is 20.3 Å². The molecule has 0 aliphatic heterocycles. The fraction of sp³-hybridized carbons (Fsp3) is 0.200. The Bertz CT molecular complexity index is 1140. The second kappa shape index (κ2) is 8.87. The zero-order valence-corrected chi connectivity index (χ0v) is 17.3. The van der Waals surface area contributed by atoms with Crippen molar-refractivity contribution in [2.45, 2.75) is 24.4 Å². The molecule has 2 aromatic heterocycles. The van der Waals surface area contributed by atoms with Gasteiger partial charge in [0.15, 0.2) is 5.82 Å². The van der Waals surface area contributed by atoms with Crippen molar-refractivity contribution < 1.29 is 14.0 Å². The van der Waals surface area contributed by atoms with Gasteiger partial charge in [-0.25, -0.2) is 4.68 Å². The van der Waals surface area contributed by atoms with E-state index in [4.69, 9.17) is 19.8 Å². The molecule has 0 atom stereocenters. The van der Waals surface area contributed by atoms with Gasteiger partial charge >= 0.3 is 0 Å². The fourth-order valence-corrected chi connectivity index (χ4v) is 3.40. The number of aryl methyl sites for hydroxylation is 1. The van der Waals surface area contributed by atoms with E-state index >= 15 is 0 Å². The summed E-state index contributed by atoms with van der Waals surface area (Å²) in [7, 11) is 1.60. The lowest BCUT2D eigenvalue weighted by Gasteiger charge is -2.07. The molecule has 0 amide bonds. The predicted octanol–water partition coefficient (Wildman–Crippen LogP) is 3.23. The summed E-state index contributed by atoms with van der Waals surface area (Å²) in [6.07, 6.45) is 0. The van der Waals surface area contributed by atoms with Crippen molar-refractivity contribution in [1.82, 2.24) is 25.0 Å². The van der Waals surface area contributed by atoms with Crippen LogP contribution < -0.4 is 15.3 Å². The number of hydrogen-bond acceptors (Lipinski definition) is 9. The summed E-state index contributed by atoms with van der Waals surface area (Å²) in [5.41, 5.74) is 2.04. The predicted molar refractivity (Wildman–Crippen MR) is 112 cm³/mol. The first-order chi connectivity index (χ1) is 14.6. The van der Waals surface area contributed by atoms with Crippen molar-refractivity contribution in [3.8, 4) is 22.9 Å². The topological polar surface area (TPSA) is 114 Å². The summed E-state index contributed by atoms with van der Waals surface area (Å²) in [4.78, 5) is 4.43. The first-order valence-electron chi connectivity index (χ1n) is 9.11. The van der Waals surface area contributed by atoms with E-state index in [1.54, 1.807) is 13.2 Å². The van der Waals surface area contributed by atoms with Crippen LogP contribution in [0.5, 0.6) is 11.5 Å². The molecule has 0 unspecified atom stereocenters. The number of thioether (sulfide) groups is 1. The lowest BCUT2D eigenvalue weighted by molar-refractivity contribution is 0.289. The number of nitrogen functional groups attached to an aromatic ring is 1. The Balaban J connectivity index is 1.36. The Hall–Kier alpha value is -3.53. The molecule has 30 heavy (non-hydrogen) atoms. The van der Waals surface area contributed by atoms with Gasteiger partial charge in [-0.2, -0.15) is 4.98 Å². The second-order valence-corrected chi connectivity index (χ2v) is 7.35. The van der Waals surface area contributed by atoms with Crippen LogP contribution in [-0.4, -0.2) is 32.1 Å². The number of rotatable bonds is 8. The van der Waals surface area contributed by atoms with Gasteiger partial charge in [0, 0.05) is 11.6 Å². The average Bonchev–Trinajstić information content (AvgIpc) is 3.38. The van der Waals surface area contributed by atoms with Crippen molar-refractivity contribution in [3.63, 3.8) is 0 Å².